The number of hydrogen-bond acceptors (Lipinski definition) is 1. The van der Waals surface area contributed by atoms with Gasteiger partial charge in [-0.05, 0) is 30.0 Å². The van der Waals surface area contributed by atoms with E-state index in [1.54, 1.807) is 0 Å². The Kier molecular flexibility index (Phi) is 4.11. The predicted octanol–water partition coefficient (Wildman–Crippen LogP) is 3.12. The van der Waals surface area contributed by atoms with Gasteiger partial charge in [-0.25, -0.2) is 0 Å². The van der Waals surface area contributed by atoms with Crippen LogP contribution in [0.25, 0.3) is 0 Å². The number of nitrogens with two attached hydrogens (primary N) is 1. The summed E-state index contributed by atoms with van der Waals surface area (Å²) in [4.78, 5) is 0. The van der Waals surface area contributed by atoms with Gasteiger partial charge in [-0.1, -0.05) is 26.0 Å². The first kappa shape index (κ1) is 11.3. The number of benzene rings is 1. The largest absolute Gasteiger partial charge is 0.399 e. The summed E-state index contributed by atoms with van der Waals surface area (Å²) in [6.07, 6.45) is 0. The first-order valence-electron chi connectivity index (χ1n) is 3.98. The second kappa shape index (κ2) is 4.36. The van der Waals surface area contributed by atoms with Crippen molar-refractivity contribution in [2.24, 2.45) is 0 Å². The van der Waals surface area contributed by atoms with Gasteiger partial charge < -0.3 is 5.73 Å². The molecular formula is C10H16ClN. The molecule has 0 saturated carbocycles. The highest BCUT2D eigenvalue weighted by Crippen LogP contribution is 2.22. The quantitative estimate of drug-likeness (QED) is 0.669. The molecular weight excluding hydrogens is 170 g/mol. The first-order chi connectivity index (χ1) is 5.13. The maximum Gasteiger partial charge on any atom is 0.0346 e. The lowest BCUT2D eigenvalue weighted by Gasteiger charge is -2.10. The molecule has 2 N–H and O–H groups in total. The van der Waals surface area contributed by atoms with E-state index in [9.17, 15) is 0 Å². The minimum Gasteiger partial charge on any atom is -0.399 e. The van der Waals surface area contributed by atoms with Crippen LogP contribution >= 0.6 is 12.4 Å². The van der Waals surface area contributed by atoms with Crippen molar-refractivity contribution in [3.05, 3.63) is 29.3 Å². The molecule has 0 atom stereocenters. The van der Waals surface area contributed by atoms with E-state index in [-0.39, 0.29) is 12.4 Å². The molecule has 1 aromatic rings. The lowest BCUT2D eigenvalue weighted by Crippen LogP contribution is -1.96. The molecule has 0 saturated heterocycles. The van der Waals surface area contributed by atoms with Gasteiger partial charge in [-0.15, -0.1) is 12.4 Å². The van der Waals surface area contributed by atoms with Crippen LogP contribution in [0.4, 0.5) is 5.69 Å². The summed E-state index contributed by atoms with van der Waals surface area (Å²) in [6, 6.07) is 6.09. The average molecular weight is 186 g/mol. The highest BCUT2D eigenvalue weighted by Gasteiger charge is 2.03. The molecule has 0 aliphatic heterocycles. The Hall–Kier alpha value is -0.690. The smallest absolute Gasteiger partial charge is 0.0346 e. The van der Waals surface area contributed by atoms with E-state index >= 15 is 0 Å². The monoisotopic (exact) mass is 185 g/mol. The summed E-state index contributed by atoms with van der Waals surface area (Å²) < 4.78 is 0. The molecule has 0 unspecified atom stereocenters. The Balaban J connectivity index is 0.00000121. The molecule has 1 aromatic carbocycles. The number of nitrogen functional groups attached to an aromatic ring is 1. The fourth-order valence-electron chi connectivity index (χ4n) is 1.30. The normalized spacial score (nSPS) is 9.67. The predicted molar refractivity (Wildman–Crippen MR) is 56.9 cm³/mol. The molecule has 2 heteroatoms. The zero-order valence-electron chi connectivity index (χ0n) is 7.79. The van der Waals surface area contributed by atoms with Crippen LogP contribution in [0.5, 0.6) is 0 Å². The molecule has 0 aliphatic rings. The second-order valence-corrected chi connectivity index (χ2v) is 3.22. The van der Waals surface area contributed by atoms with Gasteiger partial charge in [0.25, 0.3) is 0 Å². The highest BCUT2D eigenvalue weighted by atomic mass is 35.5. The van der Waals surface area contributed by atoms with E-state index < -0.39 is 0 Å². The third-order valence-electron chi connectivity index (χ3n) is 2.04. The van der Waals surface area contributed by atoms with Gasteiger partial charge in [0.1, 0.15) is 0 Å². The van der Waals surface area contributed by atoms with Gasteiger partial charge in [-0.3, -0.25) is 0 Å². The average Bonchev–Trinajstić information content (AvgIpc) is 1.94. The first-order valence-corrected chi connectivity index (χ1v) is 3.98. The van der Waals surface area contributed by atoms with Crippen LogP contribution in [0.2, 0.25) is 0 Å². The Labute approximate surface area is 80.4 Å². The van der Waals surface area contributed by atoms with Crippen molar-refractivity contribution in [1.82, 2.24) is 0 Å². The van der Waals surface area contributed by atoms with Crippen LogP contribution < -0.4 is 5.73 Å². The van der Waals surface area contributed by atoms with Gasteiger partial charge in [0, 0.05) is 5.69 Å². The minimum atomic E-state index is 0. The van der Waals surface area contributed by atoms with E-state index in [2.05, 4.69) is 26.8 Å². The number of hydrogen-bond donors (Lipinski definition) is 1. The standard InChI is InChI=1S/C10H15N.ClH/c1-7(2)9-5-4-6-10(11)8(9)3;/h4-7H,11H2,1-3H3;1H. The van der Waals surface area contributed by atoms with E-state index in [1.165, 1.54) is 11.1 Å². The number of rotatable bonds is 1. The van der Waals surface area contributed by atoms with Crippen LogP contribution in [-0.4, -0.2) is 0 Å². The molecule has 0 fully saturated rings. The molecule has 1 rings (SSSR count). The fourth-order valence-corrected chi connectivity index (χ4v) is 1.30. The Bertz CT molecular complexity index is 256. The van der Waals surface area contributed by atoms with Crippen LogP contribution in [0.1, 0.15) is 30.9 Å². The SMILES string of the molecule is Cc1c(N)cccc1C(C)C.Cl. The molecule has 12 heavy (non-hydrogen) atoms. The van der Waals surface area contributed by atoms with E-state index in [0.29, 0.717) is 5.92 Å². The maximum absolute atomic E-state index is 5.76. The summed E-state index contributed by atoms with van der Waals surface area (Å²) in [5.41, 5.74) is 9.23. The summed E-state index contributed by atoms with van der Waals surface area (Å²) in [7, 11) is 0. The molecule has 0 amide bonds. The molecule has 1 nitrogen and oxygen atoms in total. The van der Waals surface area contributed by atoms with Crippen LogP contribution in [0, 0.1) is 6.92 Å². The molecule has 0 heterocycles. The molecule has 68 valence electrons. The van der Waals surface area contributed by atoms with Gasteiger partial charge in [0.05, 0.1) is 0 Å². The molecule has 0 aromatic heterocycles. The molecule has 0 aliphatic carbocycles. The Morgan fingerprint density at radius 2 is 1.83 bits per heavy atom. The van der Waals surface area contributed by atoms with Crippen molar-refractivity contribution in [2.75, 3.05) is 5.73 Å². The van der Waals surface area contributed by atoms with Gasteiger partial charge in [0.15, 0.2) is 0 Å². The zero-order valence-corrected chi connectivity index (χ0v) is 8.61. The van der Waals surface area contributed by atoms with Crippen molar-refractivity contribution in [2.45, 2.75) is 26.7 Å². The second-order valence-electron chi connectivity index (χ2n) is 3.22. The van der Waals surface area contributed by atoms with Crippen LogP contribution in [0.15, 0.2) is 18.2 Å². The van der Waals surface area contributed by atoms with Gasteiger partial charge in [-0.2, -0.15) is 0 Å². The fraction of sp³-hybridized carbons (Fsp3) is 0.400. The van der Waals surface area contributed by atoms with Crippen molar-refractivity contribution >= 4 is 18.1 Å². The minimum absolute atomic E-state index is 0. The van der Waals surface area contributed by atoms with Crippen LogP contribution in [0.3, 0.4) is 0 Å². The topological polar surface area (TPSA) is 26.0 Å². The van der Waals surface area contributed by atoms with Crippen molar-refractivity contribution < 1.29 is 0 Å². The van der Waals surface area contributed by atoms with E-state index in [4.69, 9.17) is 5.73 Å². The zero-order chi connectivity index (χ0) is 8.43. The van der Waals surface area contributed by atoms with E-state index in [0.717, 1.165) is 5.69 Å². The Morgan fingerprint density at radius 1 is 1.25 bits per heavy atom. The van der Waals surface area contributed by atoms with Crippen LogP contribution in [-0.2, 0) is 0 Å². The lowest BCUT2D eigenvalue weighted by atomic mass is 9.97. The lowest BCUT2D eigenvalue weighted by molar-refractivity contribution is 0.857. The third kappa shape index (κ3) is 2.15. The molecule has 0 radical (unpaired) electrons. The van der Waals surface area contributed by atoms with Crippen molar-refractivity contribution in [3.63, 3.8) is 0 Å². The summed E-state index contributed by atoms with van der Waals surface area (Å²) in [6.45, 7) is 6.44. The Morgan fingerprint density at radius 3 is 2.25 bits per heavy atom. The molecule has 0 bridgehead atoms. The molecule has 0 spiro atoms. The highest BCUT2D eigenvalue weighted by molar-refractivity contribution is 5.85. The van der Waals surface area contributed by atoms with Crippen molar-refractivity contribution in [1.29, 1.82) is 0 Å². The van der Waals surface area contributed by atoms with E-state index in [1.807, 2.05) is 12.1 Å². The summed E-state index contributed by atoms with van der Waals surface area (Å²) in [5, 5.41) is 0. The summed E-state index contributed by atoms with van der Waals surface area (Å²) >= 11 is 0. The third-order valence-corrected chi connectivity index (χ3v) is 2.04. The summed E-state index contributed by atoms with van der Waals surface area (Å²) in [5.74, 6) is 0.568. The van der Waals surface area contributed by atoms with Gasteiger partial charge >= 0.3 is 0 Å². The maximum atomic E-state index is 5.76. The van der Waals surface area contributed by atoms with Crippen molar-refractivity contribution in [3.8, 4) is 0 Å². The van der Waals surface area contributed by atoms with Gasteiger partial charge in [0.2, 0.25) is 0 Å². The number of anilines is 1. The number of halogens is 1.